The molecule has 0 bridgehead atoms. The van der Waals surface area contributed by atoms with Gasteiger partial charge in [0.1, 0.15) is 0 Å². The third-order valence-electron chi connectivity index (χ3n) is 3.95. The summed E-state index contributed by atoms with van der Waals surface area (Å²) in [4.78, 5) is 27.2. The molecule has 6 nitrogen and oxygen atoms in total. The Labute approximate surface area is 148 Å². The van der Waals surface area contributed by atoms with E-state index in [0.29, 0.717) is 27.1 Å². The highest BCUT2D eigenvalue weighted by Gasteiger charge is 2.30. The molecule has 1 aromatic carbocycles. The molecule has 0 atom stereocenters. The zero-order chi connectivity index (χ0) is 18.4. The Bertz CT molecular complexity index is 977. The first-order valence-electron chi connectivity index (χ1n) is 7.55. The largest absolute Gasteiger partial charge is 0.481 e. The monoisotopic (exact) mass is 361 g/mol. The number of carboxylic acids is 1. The molecule has 0 aliphatic carbocycles. The fraction of sp³-hybridized carbons (Fsp3) is 0.222. The number of ketones is 1. The number of aliphatic hydroxyl groups is 1. The number of carbonyl (C=O) groups excluding carboxylic acids is 1. The van der Waals surface area contributed by atoms with Crippen LogP contribution in [0.3, 0.4) is 0 Å². The third kappa shape index (κ3) is 3.18. The molecular weight excluding hydrogens is 346 g/mol. The second-order valence-electron chi connectivity index (χ2n) is 6.29. The Kier molecular flexibility index (Phi) is 4.18. The van der Waals surface area contributed by atoms with Gasteiger partial charge in [-0.25, -0.2) is 0 Å². The molecule has 0 spiro atoms. The van der Waals surface area contributed by atoms with Crippen molar-refractivity contribution in [3.05, 3.63) is 58.1 Å². The average Bonchev–Trinajstić information content (AvgIpc) is 3.11. The van der Waals surface area contributed by atoms with E-state index >= 15 is 0 Å². The average molecular weight is 362 g/mol. The smallest absolute Gasteiger partial charge is 0.307 e. The first-order valence-corrected chi connectivity index (χ1v) is 7.93. The molecule has 3 N–H and O–H groups in total. The van der Waals surface area contributed by atoms with Gasteiger partial charge in [-0.3, -0.25) is 9.59 Å². The summed E-state index contributed by atoms with van der Waals surface area (Å²) in [5.41, 5.74) is 0.0709. The second kappa shape index (κ2) is 6.06. The highest BCUT2D eigenvalue weighted by Crippen LogP contribution is 2.31. The number of nitrogens with one attached hydrogen (secondary N) is 1. The first kappa shape index (κ1) is 17.3. The van der Waals surface area contributed by atoms with Crippen LogP contribution in [0, 0.1) is 0 Å². The Morgan fingerprint density at radius 1 is 1.28 bits per heavy atom. The van der Waals surface area contributed by atoms with Crippen LogP contribution in [0.5, 0.6) is 0 Å². The minimum Gasteiger partial charge on any atom is -0.481 e. The lowest BCUT2D eigenvalue weighted by molar-refractivity contribution is -0.136. The Hall–Kier alpha value is -2.57. The van der Waals surface area contributed by atoms with Gasteiger partial charge in [-0.1, -0.05) is 17.7 Å². The van der Waals surface area contributed by atoms with Crippen LogP contribution in [-0.4, -0.2) is 26.9 Å². The van der Waals surface area contributed by atoms with Crippen LogP contribution in [0.15, 0.2) is 34.9 Å². The van der Waals surface area contributed by atoms with Gasteiger partial charge in [0.2, 0.25) is 5.78 Å². The van der Waals surface area contributed by atoms with Crippen molar-refractivity contribution in [2.75, 3.05) is 0 Å². The number of furan rings is 1. The first-order chi connectivity index (χ1) is 11.7. The van der Waals surface area contributed by atoms with E-state index in [1.807, 2.05) is 0 Å². The summed E-state index contributed by atoms with van der Waals surface area (Å²) in [5.74, 6) is -1.62. The van der Waals surface area contributed by atoms with Crippen LogP contribution in [0.2, 0.25) is 5.02 Å². The number of H-pyrrole nitrogens is 1. The summed E-state index contributed by atoms with van der Waals surface area (Å²) >= 11 is 5.98. The molecule has 3 rings (SSSR count). The fourth-order valence-corrected chi connectivity index (χ4v) is 3.01. The fourth-order valence-electron chi connectivity index (χ4n) is 2.84. The third-order valence-corrected chi connectivity index (χ3v) is 4.19. The minimum absolute atomic E-state index is 0.0307. The van der Waals surface area contributed by atoms with Crippen molar-refractivity contribution in [1.29, 1.82) is 0 Å². The SMILES string of the molecule is CC(C)(O)c1ccoc1C(=O)c1[nH]c2cc(Cl)ccc2c1CC(=O)O. The highest BCUT2D eigenvalue weighted by atomic mass is 35.5. The Balaban J connectivity index is 2.19. The van der Waals surface area contributed by atoms with Crippen LogP contribution < -0.4 is 0 Å². The van der Waals surface area contributed by atoms with E-state index in [9.17, 15) is 19.8 Å². The summed E-state index contributed by atoms with van der Waals surface area (Å²) < 4.78 is 5.28. The molecular formula is C18H16ClNO5. The lowest BCUT2D eigenvalue weighted by Crippen LogP contribution is -2.19. The van der Waals surface area contributed by atoms with Gasteiger partial charge in [0.05, 0.1) is 24.0 Å². The molecule has 0 unspecified atom stereocenters. The molecule has 130 valence electrons. The number of hydrogen-bond acceptors (Lipinski definition) is 4. The molecule has 0 radical (unpaired) electrons. The van der Waals surface area contributed by atoms with E-state index < -0.39 is 17.4 Å². The number of aromatic nitrogens is 1. The van der Waals surface area contributed by atoms with Gasteiger partial charge < -0.3 is 19.6 Å². The van der Waals surface area contributed by atoms with Crippen molar-refractivity contribution in [3.63, 3.8) is 0 Å². The molecule has 2 heterocycles. The molecule has 3 aromatic rings. The van der Waals surface area contributed by atoms with Gasteiger partial charge in [0, 0.05) is 27.1 Å². The van der Waals surface area contributed by atoms with Gasteiger partial charge in [-0.15, -0.1) is 0 Å². The molecule has 0 fully saturated rings. The maximum atomic E-state index is 13.0. The van der Waals surface area contributed by atoms with Crippen molar-refractivity contribution in [1.82, 2.24) is 4.98 Å². The summed E-state index contributed by atoms with van der Waals surface area (Å²) in [6.07, 6.45) is 0.984. The molecule has 0 saturated carbocycles. The van der Waals surface area contributed by atoms with Crippen molar-refractivity contribution < 1.29 is 24.2 Å². The number of aromatic amines is 1. The van der Waals surface area contributed by atoms with Gasteiger partial charge >= 0.3 is 5.97 Å². The Morgan fingerprint density at radius 3 is 2.64 bits per heavy atom. The van der Waals surface area contributed by atoms with E-state index in [2.05, 4.69) is 4.98 Å². The lowest BCUT2D eigenvalue weighted by Gasteiger charge is -2.16. The maximum Gasteiger partial charge on any atom is 0.307 e. The number of rotatable bonds is 5. The van der Waals surface area contributed by atoms with E-state index in [1.165, 1.54) is 26.2 Å². The maximum absolute atomic E-state index is 13.0. The number of hydrogen-bond donors (Lipinski definition) is 3. The summed E-state index contributed by atoms with van der Waals surface area (Å²) in [7, 11) is 0. The topological polar surface area (TPSA) is 104 Å². The standard InChI is InChI=1S/C18H16ClNO5/c1-18(2,24)12-5-6-25-17(12)16(23)15-11(8-14(21)22)10-4-3-9(19)7-13(10)20-15/h3-7,20,24H,8H2,1-2H3,(H,21,22). The predicted molar refractivity (Wildman–Crippen MR) is 92.0 cm³/mol. The summed E-state index contributed by atoms with van der Waals surface area (Å²) in [5, 5.41) is 20.5. The predicted octanol–water partition coefficient (Wildman–Crippen LogP) is 3.50. The van der Waals surface area contributed by atoms with Crippen molar-refractivity contribution in [3.8, 4) is 0 Å². The lowest BCUT2D eigenvalue weighted by atomic mass is 9.95. The molecule has 0 aliphatic heterocycles. The minimum atomic E-state index is -1.28. The summed E-state index contributed by atoms with van der Waals surface area (Å²) in [6, 6.07) is 6.44. The normalized spacial score (nSPS) is 11.8. The van der Waals surface area contributed by atoms with Crippen LogP contribution in [0.1, 0.15) is 41.2 Å². The molecule has 0 aliphatic rings. The number of benzene rings is 1. The molecule has 7 heteroatoms. The molecule has 25 heavy (non-hydrogen) atoms. The van der Waals surface area contributed by atoms with Gasteiger partial charge in [0.15, 0.2) is 5.76 Å². The van der Waals surface area contributed by atoms with E-state index in [-0.39, 0.29) is 17.9 Å². The number of aliphatic carboxylic acids is 1. The van der Waals surface area contributed by atoms with Gasteiger partial charge in [-0.05, 0) is 32.0 Å². The zero-order valence-electron chi connectivity index (χ0n) is 13.6. The van der Waals surface area contributed by atoms with Crippen LogP contribution in [0.25, 0.3) is 10.9 Å². The number of carboxylic acid groups (broad SMARTS) is 1. The quantitative estimate of drug-likeness (QED) is 0.603. The van der Waals surface area contributed by atoms with Crippen LogP contribution in [-0.2, 0) is 16.8 Å². The van der Waals surface area contributed by atoms with E-state index in [4.69, 9.17) is 16.0 Å². The highest BCUT2D eigenvalue weighted by molar-refractivity contribution is 6.31. The van der Waals surface area contributed by atoms with Crippen LogP contribution in [0.4, 0.5) is 0 Å². The summed E-state index contributed by atoms with van der Waals surface area (Å²) in [6.45, 7) is 3.08. The molecule has 0 saturated heterocycles. The second-order valence-corrected chi connectivity index (χ2v) is 6.73. The van der Waals surface area contributed by atoms with Crippen LogP contribution >= 0.6 is 11.6 Å². The zero-order valence-corrected chi connectivity index (χ0v) is 14.3. The van der Waals surface area contributed by atoms with Gasteiger partial charge in [-0.2, -0.15) is 0 Å². The van der Waals surface area contributed by atoms with Crippen molar-refractivity contribution in [2.45, 2.75) is 25.9 Å². The van der Waals surface area contributed by atoms with Gasteiger partial charge in [0.25, 0.3) is 0 Å². The number of carbonyl (C=O) groups is 2. The Morgan fingerprint density at radius 2 is 2.00 bits per heavy atom. The van der Waals surface area contributed by atoms with E-state index in [1.54, 1.807) is 18.2 Å². The van der Waals surface area contributed by atoms with Crippen molar-refractivity contribution >= 4 is 34.3 Å². The molecule has 0 amide bonds. The van der Waals surface area contributed by atoms with Crippen molar-refractivity contribution in [2.24, 2.45) is 0 Å². The molecule has 2 aromatic heterocycles. The number of halogens is 1. The van der Waals surface area contributed by atoms with E-state index in [0.717, 1.165) is 0 Å². The number of fused-ring (bicyclic) bond motifs is 1.